The molecule has 9 aromatic rings. The number of para-hydroxylation sites is 2. The maximum atomic E-state index is 7.27. The predicted octanol–water partition coefficient (Wildman–Crippen LogP) is 9.20. The van der Waals surface area contributed by atoms with Crippen LogP contribution in [0.4, 0.5) is 0 Å². The van der Waals surface area contributed by atoms with Crippen LogP contribution in [0.2, 0.25) is 0 Å². The van der Waals surface area contributed by atoms with E-state index in [-0.39, 0.29) is 0 Å². The van der Waals surface area contributed by atoms with Crippen LogP contribution in [0.25, 0.3) is 65.7 Å². The Balaban J connectivity index is 1.31. The number of nitrogens with two attached hydrogens (primary N) is 2. The summed E-state index contributed by atoms with van der Waals surface area (Å²) in [5.74, 6) is 0. The average Bonchev–Trinajstić information content (AvgIpc) is 3.75. The van der Waals surface area contributed by atoms with Gasteiger partial charge in [0.25, 0.3) is 0 Å². The zero-order valence-electron chi connectivity index (χ0n) is 24.2. The Hall–Kier alpha value is -5.69. The number of hydrogen-bond acceptors (Lipinski definition) is 5. The summed E-state index contributed by atoms with van der Waals surface area (Å²) in [6.07, 6.45) is -1.19. The van der Waals surface area contributed by atoms with Crippen LogP contribution in [-0.2, 0) is 0 Å². The highest BCUT2D eigenvalue weighted by Gasteiger charge is 2.24. The summed E-state index contributed by atoms with van der Waals surface area (Å²) in [6, 6.07) is 44.8. The van der Waals surface area contributed by atoms with Crippen LogP contribution in [0.15, 0.2) is 147 Å². The highest BCUT2D eigenvalue weighted by Crippen LogP contribution is 2.42. The Morgan fingerprint density at radius 2 is 1.27 bits per heavy atom. The fourth-order valence-corrected chi connectivity index (χ4v) is 6.76. The number of furan rings is 2. The van der Waals surface area contributed by atoms with Crippen molar-refractivity contribution in [3.8, 4) is 0 Å². The molecule has 45 heavy (non-hydrogen) atoms. The zero-order valence-corrected chi connectivity index (χ0v) is 24.2. The quantitative estimate of drug-likeness (QED) is 0.197. The molecule has 0 aliphatic heterocycles. The number of aliphatic imine (C=N–C) groups is 1. The monoisotopic (exact) mass is 584 g/mol. The van der Waals surface area contributed by atoms with Crippen LogP contribution in [0.5, 0.6) is 0 Å². The lowest BCUT2D eigenvalue weighted by atomic mass is 10.1. The van der Waals surface area contributed by atoms with E-state index >= 15 is 0 Å². The Labute approximate surface area is 257 Å². The molecule has 2 atom stereocenters. The van der Waals surface area contributed by atoms with E-state index in [0.29, 0.717) is 5.71 Å². The van der Waals surface area contributed by atoms with Crippen molar-refractivity contribution in [2.45, 2.75) is 12.3 Å². The highest BCUT2D eigenvalue weighted by atomic mass is 16.3. The van der Waals surface area contributed by atoms with Gasteiger partial charge in [0.05, 0.1) is 22.1 Å². The zero-order chi connectivity index (χ0) is 30.1. The van der Waals surface area contributed by atoms with Gasteiger partial charge in [-0.2, -0.15) is 0 Å². The topological polar surface area (TPSA) is 95.6 Å². The minimum absolute atomic E-state index is 0.572. The van der Waals surface area contributed by atoms with E-state index in [0.717, 1.165) is 76.8 Å². The molecule has 1 unspecified atom stereocenters. The van der Waals surface area contributed by atoms with E-state index in [4.69, 9.17) is 25.3 Å². The lowest BCUT2D eigenvalue weighted by Gasteiger charge is -2.21. The van der Waals surface area contributed by atoms with Gasteiger partial charge in [-0.25, -0.2) is 0 Å². The van der Waals surface area contributed by atoms with Gasteiger partial charge in [0.15, 0.2) is 0 Å². The number of nitrogens with zero attached hydrogens (tertiary/aromatic N) is 2. The first kappa shape index (κ1) is 25.8. The molecule has 6 heteroatoms. The van der Waals surface area contributed by atoms with Crippen molar-refractivity contribution in [2.24, 2.45) is 16.5 Å². The molecule has 0 aliphatic carbocycles. The SMILES string of the molecule is NC(/N=C(/c1ccccc1)[C@H](N)n1c2ccccc2c2cc3oc4c(ccc5oc6ccccc6c54)c3cc21)c1ccccc1. The Morgan fingerprint density at radius 3 is 2.09 bits per heavy atom. The Bertz CT molecular complexity index is 2580. The van der Waals surface area contributed by atoms with Crippen LogP contribution in [-0.4, -0.2) is 10.3 Å². The summed E-state index contributed by atoms with van der Waals surface area (Å²) in [5.41, 5.74) is 21.8. The molecule has 0 radical (unpaired) electrons. The standard InChI is InChI=1S/C39H28N4O2/c40-38(24-13-5-2-6-14-24)42-36(23-11-3-1-4-12-23)39(41)43-30-17-9-7-15-25(30)28-22-34-29(21-31(28)43)26-19-20-33-35(37(26)45-34)27-16-8-10-18-32(27)44-33/h1-22,38-39H,40-41H2/b42-36-/t38?,39-/m1/s1. The molecular formula is C39H28N4O2. The minimum Gasteiger partial charge on any atom is -0.456 e. The lowest BCUT2D eigenvalue weighted by molar-refractivity contribution is 0.663. The van der Waals surface area contributed by atoms with Gasteiger partial charge in [0, 0.05) is 26.9 Å². The number of hydrogen-bond donors (Lipinski definition) is 2. The first-order valence-corrected chi connectivity index (χ1v) is 15.0. The van der Waals surface area contributed by atoms with E-state index in [2.05, 4.69) is 47.0 Å². The van der Waals surface area contributed by atoms with Crippen molar-refractivity contribution in [1.82, 2.24) is 4.57 Å². The predicted molar refractivity (Wildman–Crippen MR) is 184 cm³/mol. The second-order valence-electron chi connectivity index (χ2n) is 11.4. The summed E-state index contributed by atoms with van der Waals surface area (Å²) >= 11 is 0. The summed E-state index contributed by atoms with van der Waals surface area (Å²) < 4.78 is 15.0. The van der Waals surface area contributed by atoms with E-state index in [9.17, 15) is 0 Å². The van der Waals surface area contributed by atoms with E-state index in [1.165, 1.54) is 0 Å². The number of fused-ring (bicyclic) bond motifs is 10. The van der Waals surface area contributed by atoms with Crippen molar-refractivity contribution in [3.63, 3.8) is 0 Å². The largest absolute Gasteiger partial charge is 0.456 e. The van der Waals surface area contributed by atoms with Gasteiger partial charge in [0.1, 0.15) is 34.7 Å². The van der Waals surface area contributed by atoms with Crippen LogP contribution in [0.1, 0.15) is 23.5 Å². The van der Waals surface area contributed by atoms with E-state index in [1.54, 1.807) is 0 Å². The van der Waals surface area contributed by atoms with Gasteiger partial charge in [-0.05, 0) is 47.5 Å². The third kappa shape index (κ3) is 3.93. The summed E-state index contributed by atoms with van der Waals surface area (Å²) in [7, 11) is 0. The third-order valence-electron chi connectivity index (χ3n) is 8.86. The van der Waals surface area contributed by atoms with Gasteiger partial charge in [-0.15, -0.1) is 0 Å². The van der Waals surface area contributed by atoms with Gasteiger partial charge in [-0.3, -0.25) is 4.99 Å². The summed E-state index contributed by atoms with van der Waals surface area (Å²) in [5, 5.41) is 6.21. The van der Waals surface area contributed by atoms with Crippen molar-refractivity contribution < 1.29 is 8.83 Å². The van der Waals surface area contributed by atoms with Crippen molar-refractivity contribution in [1.29, 1.82) is 0 Å². The first-order chi connectivity index (χ1) is 22.2. The van der Waals surface area contributed by atoms with Gasteiger partial charge >= 0.3 is 0 Å². The van der Waals surface area contributed by atoms with E-state index < -0.39 is 12.3 Å². The molecule has 4 N–H and O–H groups in total. The Morgan fingerprint density at radius 1 is 0.556 bits per heavy atom. The molecule has 0 saturated heterocycles. The average molecular weight is 585 g/mol. The van der Waals surface area contributed by atoms with Crippen molar-refractivity contribution in [3.05, 3.63) is 145 Å². The maximum absolute atomic E-state index is 7.27. The molecule has 0 spiro atoms. The normalized spacial score (nSPS) is 14.0. The fraction of sp³-hybridized carbons (Fsp3) is 0.0513. The van der Waals surface area contributed by atoms with E-state index in [1.807, 2.05) is 91.0 Å². The molecule has 216 valence electrons. The number of aromatic nitrogens is 1. The maximum Gasteiger partial charge on any atom is 0.147 e. The third-order valence-corrected chi connectivity index (χ3v) is 8.86. The molecule has 0 bridgehead atoms. The second kappa shape index (κ2) is 9.92. The van der Waals surface area contributed by atoms with Gasteiger partial charge in [0.2, 0.25) is 0 Å². The molecule has 0 saturated carbocycles. The van der Waals surface area contributed by atoms with Gasteiger partial charge in [-0.1, -0.05) is 97.1 Å². The van der Waals surface area contributed by atoms with Crippen molar-refractivity contribution in [2.75, 3.05) is 0 Å². The van der Waals surface area contributed by atoms with Crippen LogP contribution < -0.4 is 11.5 Å². The number of benzene rings is 6. The molecule has 0 fully saturated rings. The first-order valence-electron chi connectivity index (χ1n) is 15.0. The smallest absolute Gasteiger partial charge is 0.147 e. The molecule has 6 nitrogen and oxygen atoms in total. The minimum atomic E-state index is -0.621. The fourth-order valence-electron chi connectivity index (χ4n) is 6.76. The van der Waals surface area contributed by atoms with Crippen LogP contribution >= 0.6 is 0 Å². The molecule has 6 aromatic carbocycles. The summed E-state index contributed by atoms with van der Waals surface area (Å²) in [6.45, 7) is 0. The molecule has 3 aromatic heterocycles. The van der Waals surface area contributed by atoms with Crippen LogP contribution in [0.3, 0.4) is 0 Å². The molecule has 0 aliphatic rings. The Kier molecular flexibility index (Phi) is 5.68. The second-order valence-corrected chi connectivity index (χ2v) is 11.4. The lowest BCUT2D eigenvalue weighted by Crippen LogP contribution is -2.30. The summed E-state index contributed by atoms with van der Waals surface area (Å²) in [4.78, 5) is 5.07. The molecule has 3 heterocycles. The molecular weight excluding hydrogens is 556 g/mol. The van der Waals surface area contributed by atoms with Crippen LogP contribution in [0, 0.1) is 0 Å². The molecule has 0 amide bonds. The van der Waals surface area contributed by atoms with Gasteiger partial charge < -0.3 is 24.9 Å². The molecule has 9 rings (SSSR count). The highest BCUT2D eigenvalue weighted by molar-refractivity contribution is 6.24. The van der Waals surface area contributed by atoms with Crippen molar-refractivity contribution >= 4 is 71.4 Å². The number of rotatable bonds is 5.